The van der Waals surface area contributed by atoms with Crippen molar-refractivity contribution in [2.45, 2.75) is 119 Å². The lowest BCUT2D eigenvalue weighted by Crippen LogP contribution is -2.23. The van der Waals surface area contributed by atoms with E-state index in [-0.39, 0.29) is 11.8 Å². The Morgan fingerprint density at radius 3 is 1.13 bits per heavy atom. The lowest BCUT2D eigenvalue weighted by molar-refractivity contribution is 0.851. The molecule has 0 amide bonds. The third-order valence-corrected chi connectivity index (χ3v) is 11.8. The summed E-state index contributed by atoms with van der Waals surface area (Å²) in [5.74, 6) is -0.00472. The van der Waals surface area contributed by atoms with Gasteiger partial charge in [0.25, 0.3) is 0 Å². The monoisotopic (exact) mass is 688 g/mol. The summed E-state index contributed by atoms with van der Waals surface area (Å²) in [5, 5.41) is 0. The number of allylic oxidation sites excluding steroid dienone is 4. The van der Waals surface area contributed by atoms with Gasteiger partial charge in [0.15, 0.2) is 0 Å². The smallest absolute Gasteiger partial charge is 0.0692 e. The SMILES string of the molecule is CCC1=C(CC)/C2=C/c3[nH]c(c(CC)c3CC)C(c3ccccc3)c3[nH]c(c(CC)c3CC)/C=C3\N=C(C(CC)=C3CC)C(c3ccccc3)C1=N2. The minimum Gasteiger partial charge on any atom is -0.358 e. The predicted molar refractivity (Wildman–Crippen MR) is 222 cm³/mol. The molecular formula is C48H56N4. The number of H-pyrrole nitrogens is 2. The first-order valence-electron chi connectivity index (χ1n) is 20.1. The summed E-state index contributed by atoms with van der Waals surface area (Å²) in [4.78, 5) is 19.6. The van der Waals surface area contributed by atoms with Crippen LogP contribution in [0, 0.1) is 0 Å². The van der Waals surface area contributed by atoms with Gasteiger partial charge >= 0.3 is 0 Å². The Labute approximate surface area is 311 Å². The van der Waals surface area contributed by atoms with Gasteiger partial charge in [-0.2, -0.15) is 0 Å². The summed E-state index contributed by atoms with van der Waals surface area (Å²) in [7, 11) is 0. The summed E-state index contributed by atoms with van der Waals surface area (Å²) in [6, 6.07) is 22.1. The summed E-state index contributed by atoms with van der Waals surface area (Å²) in [5.41, 5.74) is 23.2. The average Bonchev–Trinajstić information content (AvgIpc) is 3.92. The second-order valence-corrected chi connectivity index (χ2v) is 14.3. The molecule has 3 aliphatic heterocycles. The van der Waals surface area contributed by atoms with Gasteiger partial charge in [-0.05, 0) is 119 Å². The van der Waals surface area contributed by atoms with E-state index in [9.17, 15) is 0 Å². The van der Waals surface area contributed by atoms with E-state index in [1.54, 1.807) is 0 Å². The fraction of sp³-hybridized carbons (Fsp3) is 0.375. The quantitative estimate of drug-likeness (QED) is 0.167. The number of rotatable bonds is 10. The van der Waals surface area contributed by atoms with E-state index in [0.29, 0.717) is 0 Å². The Bertz CT molecular complexity index is 2040. The zero-order valence-corrected chi connectivity index (χ0v) is 32.6. The van der Waals surface area contributed by atoms with Gasteiger partial charge in [-0.1, -0.05) is 116 Å². The zero-order chi connectivity index (χ0) is 36.5. The molecule has 0 atom stereocenters. The van der Waals surface area contributed by atoms with Crippen LogP contribution in [0.3, 0.4) is 0 Å². The Hall–Kier alpha value is -4.70. The number of aromatic nitrogens is 2. The molecular weight excluding hydrogens is 633 g/mol. The normalized spacial score (nSPS) is 20.5. The Morgan fingerprint density at radius 2 is 0.788 bits per heavy atom. The van der Waals surface area contributed by atoms with Gasteiger partial charge in [-0.25, -0.2) is 0 Å². The van der Waals surface area contributed by atoms with Gasteiger partial charge in [0.05, 0.1) is 34.7 Å². The van der Waals surface area contributed by atoms with Crippen molar-refractivity contribution < 1.29 is 0 Å². The number of hydrogen-bond donors (Lipinski definition) is 2. The van der Waals surface area contributed by atoms with Gasteiger partial charge in [-0.15, -0.1) is 0 Å². The van der Waals surface area contributed by atoms with Crippen molar-refractivity contribution in [3.05, 3.63) is 151 Å². The summed E-state index contributed by atoms with van der Waals surface area (Å²) >= 11 is 0. The third-order valence-electron chi connectivity index (χ3n) is 11.8. The fourth-order valence-electron chi connectivity index (χ4n) is 9.53. The number of benzene rings is 2. The summed E-state index contributed by atoms with van der Waals surface area (Å²) in [6.07, 6.45) is 12.3. The fourth-order valence-corrected chi connectivity index (χ4v) is 9.53. The molecule has 0 saturated carbocycles. The van der Waals surface area contributed by atoms with Crippen LogP contribution in [0.2, 0.25) is 0 Å². The van der Waals surface area contributed by atoms with Crippen LogP contribution in [-0.2, 0) is 25.7 Å². The van der Waals surface area contributed by atoms with Crippen LogP contribution >= 0.6 is 0 Å². The Kier molecular flexibility index (Phi) is 10.4. The maximum Gasteiger partial charge on any atom is 0.0692 e. The molecule has 5 heterocycles. The largest absolute Gasteiger partial charge is 0.358 e. The van der Waals surface area contributed by atoms with Crippen LogP contribution in [0.25, 0.3) is 12.2 Å². The van der Waals surface area contributed by atoms with E-state index in [1.807, 2.05) is 0 Å². The van der Waals surface area contributed by atoms with Crippen molar-refractivity contribution >= 4 is 23.6 Å². The molecule has 7 rings (SSSR count). The number of nitrogens with zero attached hydrogens (tertiary/aromatic N) is 2. The van der Waals surface area contributed by atoms with E-state index in [4.69, 9.17) is 9.98 Å². The van der Waals surface area contributed by atoms with Crippen LogP contribution in [0.15, 0.2) is 104 Å². The molecule has 2 aromatic carbocycles. The standard InChI is InChI=1S/C48H56N4/c1-9-31-35(13-5)45-43(29-23-19-17-20-24-29)46-37(15-7)33(11-3)41(51-46)28-42-34(12-4)38(16-8)48(52-42)44(30-25-21-18-22-26-30)47-36(14-6)32(10-2)40(50-47)27-39(31)49-45/h17-28,43-44,49,51H,9-16H2,1-8H3/b40-27-,42-28-. The van der Waals surface area contributed by atoms with E-state index >= 15 is 0 Å². The molecule has 52 heavy (non-hydrogen) atoms. The van der Waals surface area contributed by atoms with Gasteiger partial charge in [0.2, 0.25) is 0 Å². The molecule has 0 saturated heterocycles. The zero-order valence-electron chi connectivity index (χ0n) is 32.6. The molecule has 0 spiro atoms. The van der Waals surface area contributed by atoms with Gasteiger partial charge in [-0.3, -0.25) is 9.98 Å². The summed E-state index contributed by atoms with van der Waals surface area (Å²) < 4.78 is 0. The van der Waals surface area contributed by atoms with Crippen molar-refractivity contribution in [1.29, 1.82) is 0 Å². The Morgan fingerprint density at radius 1 is 0.423 bits per heavy atom. The predicted octanol–water partition coefficient (Wildman–Crippen LogP) is 12.4. The second kappa shape index (κ2) is 15.1. The molecule has 8 bridgehead atoms. The molecule has 4 heteroatoms. The molecule has 268 valence electrons. The first-order valence-corrected chi connectivity index (χ1v) is 20.1. The van der Waals surface area contributed by atoms with E-state index in [0.717, 1.165) is 74.2 Å². The highest BCUT2D eigenvalue weighted by Crippen LogP contribution is 2.45. The highest BCUT2D eigenvalue weighted by Gasteiger charge is 2.37. The molecule has 4 aromatic rings. The van der Waals surface area contributed by atoms with Crippen LogP contribution in [0.4, 0.5) is 0 Å². The highest BCUT2D eigenvalue weighted by molar-refractivity contribution is 6.27. The van der Waals surface area contributed by atoms with Crippen molar-refractivity contribution in [1.82, 2.24) is 9.97 Å². The average molecular weight is 689 g/mol. The number of aromatic amines is 2. The van der Waals surface area contributed by atoms with Crippen LogP contribution in [-0.4, -0.2) is 21.4 Å². The van der Waals surface area contributed by atoms with Crippen LogP contribution in [0.5, 0.6) is 0 Å². The topological polar surface area (TPSA) is 56.3 Å². The van der Waals surface area contributed by atoms with Gasteiger partial charge in [0.1, 0.15) is 0 Å². The molecule has 0 unspecified atom stereocenters. The maximum atomic E-state index is 5.68. The lowest BCUT2D eigenvalue weighted by Gasteiger charge is -2.22. The summed E-state index contributed by atoms with van der Waals surface area (Å²) in [6.45, 7) is 18.4. The number of hydrogen-bond acceptors (Lipinski definition) is 2. The van der Waals surface area contributed by atoms with Crippen molar-refractivity contribution in [3.8, 4) is 0 Å². The first kappa shape index (κ1) is 35.7. The van der Waals surface area contributed by atoms with Crippen LogP contribution < -0.4 is 0 Å². The third kappa shape index (κ3) is 5.85. The molecule has 3 aliphatic rings. The van der Waals surface area contributed by atoms with Crippen molar-refractivity contribution in [3.63, 3.8) is 0 Å². The lowest BCUT2D eigenvalue weighted by atomic mass is 9.80. The minimum atomic E-state index is -0.0477. The van der Waals surface area contributed by atoms with Crippen molar-refractivity contribution in [2.75, 3.05) is 0 Å². The van der Waals surface area contributed by atoms with Gasteiger partial charge in [0, 0.05) is 22.8 Å². The minimum absolute atomic E-state index is 0.0430. The Balaban J connectivity index is 1.64. The molecule has 0 radical (unpaired) electrons. The number of aliphatic imine (C=N–C) groups is 2. The highest BCUT2D eigenvalue weighted by atomic mass is 14.9. The van der Waals surface area contributed by atoms with E-state index in [2.05, 4.69) is 138 Å². The molecule has 2 aromatic heterocycles. The molecule has 4 nitrogen and oxygen atoms in total. The molecule has 0 fully saturated rings. The molecule has 2 N–H and O–H groups in total. The van der Waals surface area contributed by atoms with Crippen molar-refractivity contribution in [2.24, 2.45) is 9.98 Å². The second-order valence-electron chi connectivity index (χ2n) is 14.3. The van der Waals surface area contributed by atoms with E-state index < -0.39 is 0 Å². The number of fused-ring (bicyclic) bond motifs is 6. The van der Waals surface area contributed by atoms with Gasteiger partial charge < -0.3 is 9.97 Å². The maximum absolute atomic E-state index is 5.68. The van der Waals surface area contributed by atoms with Crippen LogP contribution in [0.1, 0.15) is 149 Å². The number of nitrogens with one attached hydrogen (secondary N) is 2. The first-order chi connectivity index (χ1) is 25.5. The van der Waals surface area contributed by atoms with E-state index in [1.165, 1.54) is 78.4 Å². The molecule has 0 aliphatic carbocycles.